The third kappa shape index (κ3) is 5.19. The molecule has 21 heavy (non-hydrogen) atoms. The van der Waals surface area contributed by atoms with Crippen LogP contribution in [0.2, 0.25) is 0 Å². The minimum atomic E-state index is -1.19. The Labute approximate surface area is 128 Å². The first kappa shape index (κ1) is 17.8. The highest BCUT2D eigenvalue weighted by molar-refractivity contribution is 6.20. The van der Waals surface area contributed by atoms with Gasteiger partial charge in [-0.3, -0.25) is 14.4 Å². The van der Waals surface area contributed by atoms with Crippen LogP contribution in [0.5, 0.6) is 0 Å². The van der Waals surface area contributed by atoms with Gasteiger partial charge in [0.25, 0.3) is 0 Å². The van der Waals surface area contributed by atoms with Crippen molar-refractivity contribution in [2.24, 2.45) is 17.8 Å². The Hall–Kier alpha value is -1.30. The summed E-state index contributed by atoms with van der Waals surface area (Å²) in [5.41, 5.74) is -0.710. The fourth-order valence-electron chi connectivity index (χ4n) is 2.60. The van der Waals surface area contributed by atoms with Gasteiger partial charge in [-0.15, -0.1) is 0 Å². The lowest BCUT2D eigenvalue weighted by Crippen LogP contribution is -2.38. The van der Waals surface area contributed by atoms with Crippen molar-refractivity contribution < 1.29 is 29.3 Å². The molecule has 1 aliphatic rings. The minimum Gasteiger partial charge on any atom is -0.481 e. The van der Waals surface area contributed by atoms with Gasteiger partial charge in [-0.05, 0) is 32.1 Å². The summed E-state index contributed by atoms with van der Waals surface area (Å²) in [7, 11) is 0. The van der Waals surface area contributed by atoms with Crippen molar-refractivity contribution in [1.82, 2.24) is 0 Å². The van der Waals surface area contributed by atoms with Crippen LogP contribution in [-0.2, 0) is 19.1 Å². The maximum atomic E-state index is 12.0. The van der Waals surface area contributed by atoms with Gasteiger partial charge in [0.05, 0.1) is 17.8 Å². The van der Waals surface area contributed by atoms with Gasteiger partial charge in [0.1, 0.15) is 0 Å². The van der Waals surface area contributed by atoms with Crippen LogP contribution in [0.1, 0.15) is 45.4 Å². The van der Waals surface area contributed by atoms with E-state index in [0.29, 0.717) is 12.8 Å². The van der Waals surface area contributed by atoms with Crippen LogP contribution in [0, 0.1) is 17.8 Å². The summed E-state index contributed by atoms with van der Waals surface area (Å²) in [5.74, 6) is -5.44. The van der Waals surface area contributed by atoms with Crippen LogP contribution in [0.3, 0.4) is 0 Å². The lowest BCUT2D eigenvalue weighted by Gasteiger charge is -2.30. The fraction of sp³-hybridized carbons (Fsp3) is 0.786. The fourth-order valence-corrected chi connectivity index (χ4v) is 2.84. The molecule has 0 amide bonds. The van der Waals surface area contributed by atoms with Crippen LogP contribution < -0.4 is 0 Å². The summed E-state index contributed by atoms with van der Waals surface area (Å²) < 4.78 is 5.10. The van der Waals surface area contributed by atoms with Crippen molar-refractivity contribution in [2.45, 2.75) is 51.0 Å². The molecule has 4 atom stereocenters. The second kappa shape index (κ2) is 8.22. The molecular weight excluding hydrogens is 300 g/mol. The molecule has 120 valence electrons. The highest BCUT2D eigenvalue weighted by Gasteiger charge is 2.42. The highest BCUT2D eigenvalue weighted by atomic mass is 35.5. The van der Waals surface area contributed by atoms with E-state index in [1.54, 1.807) is 0 Å². The molecule has 0 aromatic rings. The molecule has 0 bridgehead atoms. The molecule has 6 nitrogen and oxygen atoms in total. The molecular formula is C14H21ClO6. The minimum absolute atomic E-state index is 0.0114. The standard InChI is InChI=1S/C14H21ClO6/c1-2-3-4-11(15)21-14(20)8-5-6-9(12(16)17)10(7-8)13(18)19/h8-11H,2-7H2,1H3,(H,16,17)(H,18,19). The number of ether oxygens (including phenoxy) is 1. The van der Waals surface area contributed by atoms with Gasteiger partial charge in [-0.25, -0.2) is 0 Å². The van der Waals surface area contributed by atoms with E-state index >= 15 is 0 Å². The lowest BCUT2D eigenvalue weighted by molar-refractivity contribution is -0.162. The topological polar surface area (TPSA) is 101 Å². The molecule has 0 spiro atoms. The SMILES string of the molecule is CCCCC(Cl)OC(=O)C1CCC(C(=O)O)C(C(=O)O)C1. The molecule has 0 heterocycles. The molecule has 1 fully saturated rings. The summed E-state index contributed by atoms with van der Waals surface area (Å²) >= 11 is 5.90. The monoisotopic (exact) mass is 320 g/mol. The Kier molecular flexibility index (Phi) is 6.95. The van der Waals surface area contributed by atoms with Crippen molar-refractivity contribution in [3.8, 4) is 0 Å². The number of halogens is 1. The zero-order valence-corrected chi connectivity index (χ0v) is 12.7. The molecule has 7 heteroatoms. The van der Waals surface area contributed by atoms with Gasteiger partial charge in [0, 0.05) is 0 Å². The van der Waals surface area contributed by atoms with Crippen LogP contribution in [-0.4, -0.2) is 33.7 Å². The summed E-state index contributed by atoms with van der Waals surface area (Å²) in [6.45, 7) is 2.00. The Morgan fingerprint density at radius 1 is 1.19 bits per heavy atom. The Morgan fingerprint density at radius 2 is 1.81 bits per heavy atom. The molecule has 1 saturated carbocycles. The predicted octanol–water partition coefficient (Wildman–Crippen LogP) is 2.49. The Balaban J connectivity index is 2.59. The number of hydrogen-bond acceptors (Lipinski definition) is 4. The van der Waals surface area contributed by atoms with E-state index in [1.165, 1.54) is 0 Å². The van der Waals surface area contributed by atoms with Crippen molar-refractivity contribution in [3.05, 3.63) is 0 Å². The molecule has 2 N–H and O–H groups in total. The molecule has 0 aromatic carbocycles. The van der Waals surface area contributed by atoms with Gasteiger partial charge < -0.3 is 14.9 Å². The first-order chi connectivity index (χ1) is 9.86. The zero-order valence-electron chi connectivity index (χ0n) is 12.0. The van der Waals surface area contributed by atoms with Gasteiger partial charge in [-0.2, -0.15) is 0 Å². The van der Waals surface area contributed by atoms with Gasteiger partial charge in [0.15, 0.2) is 5.56 Å². The molecule has 0 aliphatic heterocycles. The van der Waals surface area contributed by atoms with E-state index in [4.69, 9.17) is 26.6 Å². The number of unbranched alkanes of at least 4 members (excludes halogenated alkanes) is 1. The van der Waals surface area contributed by atoms with E-state index in [9.17, 15) is 14.4 Å². The first-order valence-electron chi connectivity index (χ1n) is 7.17. The van der Waals surface area contributed by atoms with Crippen LogP contribution >= 0.6 is 11.6 Å². The largest absolute Gasteiger partial charge is 0.481 e. The van der Waals surface area contributed by atoms with E-state index in [-0.39, 0.29) is 12.8 Å². The van der Waals surface area contributed by atoms with Crippen molar-refractivity contribution in [2.75, 3.05) is 0 Å². The number of alkyl halides is 1. The summed E-state index contributed by atoms with van der Waals surface area (Å²) in [4.78, 5) is 34.2. The number of esters is 1. The Bertz CT molecular complexity index is 397. The van der Waals surface area contributed by atoms with Crippen LogP contribution in [0.25, 0.3) is 0 Å². The number of rotatable bonds is 7. The molecule has 0 aromatic heterocycles. The summed E-state index contributed by atoms with van der Waals surface area (Å²) in [6, 6.07) is 0. The number of carbonyl (C=O) groups excluding carboxylic acids is 1. The van der Waals surface area contributed by atoms with Crippen molar-refractivity contribution in [1.29, 1.82) is 0 Å². The summed E-state index contributed by atoms with van der Waals surface area (Å²) in [5, 5.41) is 18.1. The number of hydrogen-bond donors (Lipinski definition) is 2. The van der Waals surface area contributed by atoms with Gasteiger partial charge in [-0.1, -0.05) is 24.9 Å². The molecule has 4 unspecified atom stereocenters. The summed E-state index contributed by atoms with van der Waals surface area (Å²) in [6.07, 6.45) is 2.79. The second-order valence-corrected chi connectivity index (χ2v) is 5.88. The van der Waals surface area contributed by atoms with Crippen molar-refractivity contribution >= 4 is 29.5 Å². The van der Waals surface area contributed by atoms with Crippen LogP contribution in [0.4, 0.5) is 0 Å². The number of carboxylic acids is 2. The average molecular weight is 321 g/mol. The normalized spacial score (nSPS) is 26.9. The molecule has 0 saturated heterocycles. The van der Waals surface area contributed by atoms with Crippen molar-refractivity contribution in [3.63, 3.8) is 0 Å². The third-order valence-corrected chi connectivity index (χ3v) is 4.15. The second-order valence-electron chi connectivity index (χ2n) is 5.39. The zero-order chi connectivity index (χ0) is 16.0. The smallest absolute Gasteiger partial charge is 0.310 e. The van der Waals surface area contributed by atoms with Gasteiger partial charge in [0.2, 0.25) is 0 Å². The number of aliphatic carboxylic acids is 2. The van der Waals surface area contributed by atoms with Gasteiger partial charge >= 0.3 is 17.9 Å². The third-order valence-electron chi connectivity index (χ3n) is 3.85. The van der Waals surface area contributed by atoms with E-state index in [2.05, 4.69) is 0 Å². The highest BCUT2D eigenvalue weighted by Crippen LogP contribution is 2.35. The first-order valence-corrected chi connectivity index (χ1v) is 7.60. The van der Waals surface area contributed by atoms with Crippen LogP contribution in [0.15, 0.2) is 0 Å². The van der Waals surface area contributed by atoms with E-state index in [1.807, 2.05) is 6.92 Å². The van der Waals surface area contributed by atoms with E-state index < -0.39 is 41.2 Å². The average Bonchev–Trinajstić information content (AvgIpc) is 2.44. The number of carboxylic acid groups (broad SMARTS) is 2. The maximum absolute atomic E-state index is 12.0. The Morgan fingerprint density at radius 3 is 2.33 bits per heavy atom. The maximum Gasteiger partial charge on any atom is 0.310 e. The molecule has 1 aliphatic carbocycles. The van der Waals surface area contributed by atoms with E-state index in [0.717, 1.165) is 12.8 Å². The lowest BCUT2D eigenvalue weighted by atomic mass is 9.74. The molecule has 0 radical (unpaired) electrons. The quantitative estimate of drug-likeness (QED) is 0.552. The number of carbonyl (C=O) groups is 3. The molecule has 1 rings (SSSR count). The predicted molar refractivity (Wildman–Crippen MR) is 74.9 cm³/mol.